The van der Waals surface area contributed by atoms with E-state index in [9.17, 15) is 10.1 Å². The molecule has 1 heterocycles. The fraction of sp³-hybridized carbons (Fsp3) is 0.562. The molecule has 0 aromatic heterocycles. The van der Waals surface area contributed by atoms with Crippen LogP contribution in [0.15, 0.2) is 29.3 Å². The topological polar surface area (TPSA) is 101 Å². The van der Waals surface area contributed by atoms with Crippen LogP contribution in [-0.4, -0.2) is 49.8 Å². The van der Waals surface area contributed by atoms with Crippen molar-refractivity contribution >= 4 is 41.3 Å². The van der Waals surface area contributed by atoms with Gasteiger partial charge in [-0.1, -0.05) is 0 Å². The van der Waals surface area contributed by atoms with Crippen LogP contribution in [-0.2, 0) is 4.74 Å². The minimum atomic E-state index is -0.407. The SMILES string of the molecule is CN=C(NCCNc1ccc([N+](=O)[O-])cc1)NCC1(C)CCCO1.I. The number of halogens is 1. The first-order valence-corrected chi connectivity index (χ1v) is 8.09. The van der Waals surface area contributed by atoms with E-state index in [0.29, 0.717) is 13.1 Å². The number of hydrogen-bond donors (Lipinski definition) is 3. The molecule has 1 aliphatic rings. The van der Waals surface area contributed by atoms with Gasteiger partial charge in [0.25, 0.3) is 5.69 Å². The number of guanidine groups is 1. The molecule has 1 fully saturated rings. The minimum absolute atomic E-state index is 0. The molecular weight excluding hydrogens is 437 g/mol. The van der Waals surface area contributed by atoms with E-state index in [1.165, 1.54) is 12.1 Å². The van der Waals surface area contributed by atoms with Gasteiger partial charge in [-0.2, -0.15) is 0 Å². The van der Waals surface area contributed by atoms with Crippen LogP contribution in [0.5, 0.6) is 0 Å². The van der Waals surface area contributed by atoms with Gasteiger partial charge in [-0.05, 0) is 31.9 Å². The molecule has 9 heteroatoms. The first kappa shape index (κ1) is 21.4. The fourth-order valence-corrected chi connectivity index (χ4v) is 2.56. The summed E-state index contributed by atoms with van der Waals surface area (Å²) in [7, 11) is 1.73. The monoisotopic (exact) mass is 463 g/mol. The van der Waals surface area contributed by atoms with Crippen LogP contribution in [0.3, 0.4) is 0 Å². The van der Waals surface area contributed by atoms with Crippen molar-refractivity contribution in [3.63, 3.8) is 0 Å². The second-order valence-electron chi connectivity index (χ2n) is 5.99. The van der Waals surface area contributed by atoms with Gasteiger partial charge in [-0.25, -0.2) is 0 Å². The number of nitro benzene ring substituents is 1. The third-order valence-electron chi connectivity index (χ3n) is 3.98. The number of nitrogens with one attached hydrogen (secondary N) is 3. The lowest BCUT2D eigenvalue weighted by Crippen LogP contribution is -2.46. The van der Waals surface area contributed by atoms with Crippen LogP contribution in [0.4, 0.5) is 11.4 Å². The molecule has 1 unspecified atom stereocenters. The molecule has 0 saturated carbocycles. The average molecular weight is 463 g/mol. The molecule has 0 aliphatic carbocycles. The van der Waals surface area contributed by atoms with Gasteiger partial charge in [-0.3, -0.25) is 15.1 Å². The molecule has 1 aromatic rings. The maximum atomic E-state index is 10.6. The maximum absolute atomic E-state index is 10.6. The highest BCUT2D eigenvalue weighted by molar-refractivity contribution is 14.0. The van der Waals surface area contributed by atoms with E-state index in [0.717, 1.165) is 37.6 Å². The number of hydrogen-bond acceptors (Lipinski definition) is 5. The van der Waals surface area contributed by atoms with Crippen molar-refractivity contribution in [2.45, 2.75) is 25.4 Å². The van der Waals surface area contributed by atoms with E-state index in [4.69, 9.17) is 4.74 Å². The summed E-state index contributed by atoms with van der Waals surface area (Å²) in [6, 6.07) is 6.37. The molecule has 1 aromatic carbocycles. The number of anilines is 1. The Morgan fingerprint density at radius 3 is 2.60 bits per heavy atom. The Kier molecular flexibility index (Phi) is 8.90. The first-order chi connectivity index (χ1) is 11.5. The molecule has 0 radical (unpaired) electrons. The minimum Gasteiger partial charge on any atom is -0.383 e. The van der Waals surface area contributed by atoms with E-state index in [2.05, 4.69) is 27.9 Å². The average Bonchev–Trinajstić information content (AvgIpc) is 3.01. The van der Waals surface area contributed by atoms with Gasteiger partial charge in [0.15, 0.2) is 5.96 Å². The highest BCUT2D eigenvalue weighted by atomic mass is 127. The third-order valence-corrected chi connectivity index (χ3v) is 3.98. The summed E-state index contributed by atoms with van der Waals surface area (Å²) >= 11 is 0. The quantitative estimate of drug-likeness (QED) is 0.143. The van der Waals surface area contributed by atoms with Crippen LogP contribution in [0.2, 0.25) is 0 Å². The lowest BCUT2D eigenvalue weighted by atomic mass is 10.0. The largest absolute Gasteiger partial charge is 0.383 e. The Hall–Kier alpha value is -1.62. The van der Waals surface area contributed by atoms with Crippen LogP contribution in [0.1, 0.15) is 19.8 Å². The van der Waals surface area contributed by atoms with Crippen LogP contribution in [0.25, 0.3) is 0 Å². The number of aliphatic imine (C=N–C) groups is 1. The van der Waals surface area contributed by atoms with E-state index >= 15 is 0 Å². The van der Waals surface area contributed by atoms with Crippen molar-refractivity contribution in [2.75, 3.05) is 38.6 Å². The van der Waals surface area contributed by atoms with Gasteiger partial charge < -0.3 is 20.7 Å². The van der Waals surface area contributed by atoms with Crippen molar-refractivity contribution in [1.82, 2.24) is 10.6 Å². The summed E-state index contributed by atoms with van der Waals surface area (Å²) < 4.78 is 5.74. The summed E-state index contributed by atoms with van der Waals surface area (Å²) in [4.78, 5) is 14.4. The summed E-state index contributed by atoms with van der Waals surface area (Å²) in [6.07, 6.45) is 2.15. The summed E-state index contributed by atoms with van der Waals surface area (Å²) in [5.74, 6) is 0.734. The molecule has 140 valence electrons. The van der Waals surface area contributed by atoms with Gasteiger partial charge in [0, 0.05) is 51.1 Å². The second kappa shape index (κ2) is 10.4. The third kappa shape index (κ3) is 7.02. The molecule has 8 nitrogen and oxygen atoms in total. The number of rotatable bonds is 7. The van der Waals surface area contributed by atoms with Gasteiger partial charge >= 0.3 is 0 Å². The molecule has 25 heavy (non-hydrogen) atoms. The van der Waals surface area contributed by atoms with E-state index in [1.807, 2.05) is 0 Å². The molecule has 2 rings (SSSR count). The Balaban J connectivity index is 0.00000312. The second-order valence-corrected chi connectivity index (χ2v) is 5.99. The van der Waals surface area contributed by atoms with Crippen molar-refractivity contribution in [3.05, 3.63) is 34.4 Å². The maximum Gasteiger partial charge on any atom is 0.269 e. The summed E-state index contributed by atoms with van der Waals surface area (Å²) in [5, 5.41) is 20.3. The normalized spacial score (nSPS) is 19.8. The molecule has 1 atom stereocenters. The molecular formula is C16H26IN5O3. The van der Waals surface area contributed by atoms with Gasteiger partial charge in [0.2, 0.25) is 0 Å². The van der Waals surface area contributed by atoms with Gasteiger partial charge in [0.05, 0.1) is 10.5 Å². The molecule has 0 amide bonds. The predicted molar refractivity (Wildman–Crippen MR) is 110 cm³/mol. The van der Waals surface area contributed by atoms with Crippen molar-refractivity contribution < 1.29 is 9.66 Å². The first-order valence-electron chi connectivity index (χ1n) is 8.09. The Morgan fingerprint density at radius 2 is 2.04 bits per heavy atom. The zero-order valence-electron chi connectivity index (χ0n) is 14.6. The highest BCUT2D eigenvalue weighted by Crippen LogP contribution is 2.23. The lowest BCUT2D eigenvalue weighted by molar-refractivity contribution is -0.384. The Bertz CT molecular complexity index is 574. The number of nitro groups is 1. The molecule has 1 saturated heterocycles. The number of ether oxygens (including phenoxy) is 1. The van der Waals surface area contributed by atoms with E-state index in [-0.39, 0.29) is 35.3 Å². The zero-order valence-corrected chi connectivity index (χ0v) is 16.9. The number of benzene rings is 1. The zero-order chi connectivity index (χ0) is 17.4. The molecule has 0 bridgehead atoms. The molecule has 0 spiro atoms. The number of nitrogens with zero attached hydrogens (tertiary/aromatic N) is 2. The van der Waals surface area contributed by atoms with Gasteiger partial charge in [0.1, 0.15) is 0 Å². The Morgan fingerprint density at radius 1 is 1.32 bits per heavy atom. The van der Waals surface area contributed by atoms with Crippen molar-refractivity contribution in [3.8, 4) is 0 Å². The van der Waals surface area contributed by atoms with Crippen LogP contribution in [0, 0.1) is 10.1 Å². The summed E-state index contributed by atoms with van der Waals surface area (Å²) in [5.41, 5.74) is 0.817. The molecule has 1 aliphatic heterocycles. The van der Waals surface area contributed by atoms with Crippen molar-refractivity contribution in [1.29, 1.82) is 0 Å². The predicted octanol–water partition coefficient (Wildman–Crippen LogP) is 2.36. The molecule has 3 N–H and O–H groups in total. The van der Waals surface area contributed by atoms with Crippen LogP contribution >= 0.6 is 24.0 Å². The smallest absolute Gasteiger partial charge is 0.269 e. The van der Waals surface area contributed by atoms with Gasteiger partial charge in [-0.15, -0.1) is 24.0 Å². The number of non-ortho nitro benzene ring substituents is 1. The highest BCUT2D eigenvalue weighted by Gasteiger charge is 2.29. The van der Waals surface area contributed by atoms with E-state index in [1.54, 1.807) is 19.2 Å². The van der Waals surface area contributed by atoms with Crippen LogP contribution < -0.4 is 16.0 Å². The standard InChI is InChI=1S/C16H25N5O3.HI/c1-16(8-3-11-24-16)12-20-15(17-2)19-10-9-18-13-4-6-14(7-5-13)21(22)23;/h4-7,18H,3,8-12H2,1-2H3,(H2,17,19,20);1H. The Labute approximate surface area is 165 Å². The van der Waals surface area contributed by atoms with Crippen molar-refractivity contribution in [2.24, 2.45) is 4.99 Å². The fourth-order valence-electron chi connectivity index (χ4n) is 2.56. The van der Waals surface area contributed by atoms with E-state index < -0.39 is 4.92 Å². The summed E-state index contributed by atoms with van der Waals surface area (Å²) in [6.45, 7) is 5.00. The lowest BCUT2D eigenvalue weighted by Gasteiger charge is -2.24.